The van der Waals surface area contributed by atoms with E-state index in [2.05, 4.69) is 5.32 Å². The Morgan fingerprint density at radius 3 is 2.50 bits per heavy atom. The largest absolute Gasteiger partial charge is 0.335 e. The van der Waals surface area contributed by atoms with Crippen LogP contribution in [0.4, 0.5) is 10.5 Å². The smallest absolute Gasteiger partial charge is 0.277 e. The van der Waals surface area contributed by atoms with Gasteiger partial charge in [-0.15, -0.1) is 0 Å². The van der Waals surface area contributed by atoms with Crippen molar-refractivity contribution in [3.63, 3.8) is 0 Å². The van der Waals surface area contributed by atoms with Crippen molar-refractivity contribution >= 4 is 57.7 Å². The Balaban J connectivity index is 2.46. The molecule has 7 heteroatoms. The number of carbonyl (C=O) groups excluding carboxylic acids is 3. The lowest BCUT2D eigenvalue weighted by Gasteiger charge is -2.32. The first-order valence-corrected chi connectivity index (χ1v) is 7.42. The fourth-order valence-corrected chi connectivity index (χ4v) is 3.18. The van der Waals surface area contributed by atoms with E-state index in [1.807, 2.05) is 22.6 Å². The van der Waals surface area contributed by atoms with Crippen LogP contribution in [0.5, 0.6) is 0 Å². The summed E-state index contributed by atoms with van der Waals surface area (Å²) in [4.78, 5) is 37.2. The number of carbonyl (C=O) groups is 3. The number of nitrogens with zero attached hydrogens (tertiary/aromatic N) is 1. The lowest BCUT2D eigenvalue weighted by Crippen LogP contribution is -2.59. The number of halogens is 2. The zero-order valence-corrected chi connectivity index (χ0v) is 13.7. The van der Waals surface area contributed by atoms with Crippen LogP contribution in [0.1, 0.15) is 13.8 Å². The van der Waals surface area contributed by atoms with Crippen molar-refractivity contribution in [2.45, 2.75) is 13.8 Å². The van der Waals surface area contributed by atoms with Crippen LogP contribution in [0.15, 0.2) is 18.2 Å². The number of imide groups is 2. The highest BCUT2D eigenvalue weighted by Crippen LogP contribution is 2.30. The molecule has 1 heterocycles. The maximum Gasteiger partial charge on any atom is 0.335 e. The summed E-state index contributed by atoms with van der Waals surface area (Å²) in [6.07, 6.45) is 0. The maximum atomic E-state index is 12.4. The summed E-state index contributed by atoms with van der Waals surface area (Å²) in [5.74, 6) is -2.11. The van der Waals surface area contributed by atoms with E-state index in [4.69, 9.17) is 11.6 Å². The highest BCUT2D eigenvalue weighted by atomic mass is 127. The van der Waals surface area contributed by atoms with Crippen molar-refractivity contribution in [2.75, 3.05) is 4.90 Å². The normalized spacial score (nSPS) is 19.6. The maximum absolute atomic E-state index is 12.4. The molecule has 1 aliphatic heterocycles. The van der Waals surface area contributed by atoms with E-state index in [0.717, 1.165) is 4.90 Å². The molecule has 20 heavy (non-hydrogen) atoms. The molecule has 1 aliphatic rings. The van der Waals surface area contributed by atoms with Crippen LogP contribution in [0.25, 0.3) is 0 Å². The second-order valence-corrected chi connectivity index (χ2v) is 6.38. The van der Waals surface area contributed by atoms with E-state index < -0.39 is 23.8 Å². The zero-order chi connectivity index (χ0) is 15.0. The Morgan fingerprint density at radius 1 is 1.30 bits per heavy atom. The molecule has 0 aromatic heterocycles. The summed E-state index contributed by atoms with van der Waals surface area (Å²) in [6.45, 7) is 3.53. The van der Waals surface area contributed by atoms with Crippen LogP contribution in [0, 0.1) is 15.4 Å². The Hall–Kier alpha value is -1.15. The van der Waals surface area contributed by atoms with Gasteiger partial charge in [-0.3, -0.25) is 14.9 Å². The summed E-state index contributed by atoms with van der Waals surface area (Å²) < 4.78 is 0.662. The van der Waals surface area contributed by atoms with Gasteiger partial charge in [0, 0.05) is 8.59 Å². The molecule has 1 N–H and O–H groups in total. The number of benzene rings is 1. The SMILES string of the molecule is CC(C)C1C(=O)NC(=O)N(c2ccc(Cl)cc2I)C1=O. The number of rotatable bonds is 2. The van der Waals surface area contributed by atoms with Gasteiger partial charge in [0.05, 0.1) is 5.69 Å². The molecule has 1 fully saturated rings. The summed E-state index contributed by atoms with van der Waals surface area (Å²) in [6, 6.07) is 4.12. The first kappa shape index (κ1) is 15.2. The molecule has 4 amide bonds. The molecule has 106 valence electrons. The molecule has 2 rings (SSSR count). The Labute approximate surface area is 134 Å². The molecule has 1 aromatic rings. The van der Waals surface area contributed by atoms with Crippen LogP contribution in [0.3, 0.4) is 0 Å². The Morgan fingerprint density at radius 2 is 1.95 bits per heavy atom. The standard InChI is InChI=1S/C13H12ClIN2O3/c1-6(2)10-11(18)16-13(20)17(12(10)19)9-4-3-7(14)5-8(9)15/h3-6,10H,1-2H3,(H,16,18,20). The first-order valence-electron chi connectivity index (χ1n) is 5.96. The first-order chi connectivity index (χ1) is 9.32. The van der Waals surface area contributed by atoms with E-state index in [9.17, 15) is 14.4 Å². The molecule has 0 saturated carbocycles. The van der Waals surface area contributed by atoms with Gasteiger partial charge >= 0.3 is 6.03 Å². The summed E-state index contributed by atoms with van der Waals surface area (Å²) in [5.41, 5.74) is 0.427. The minimum absolute atomic E-state index is 0.192. The van der Waals surface area contributed by atoms with Gasteiger partial charge in [-0.25, -0.2) is 9.69 Å². The molecule has 0 aliphatic carbocycles. The number of amides is 4. The third-order valence-corrected chi connectivity index (χ3v) is 4.12. The number of hydrogen-bond acceptors (Lipinski definition) is 3. The van der Waals surface area contributed by atoms with Gasteiger partial charge in [0.15, 0.2) is 0 Å². The van der Waals surface area contributed by atoms with Gasteiger partial charge in [-0.2, -0.15) is 0 Å². The number of anilines is 1. The van der Waals surface area contributed by atoms with Crippen molar-refractivity contribution in [1.29, 1.82) is 0 Å². The van der Waals surface area contributed by atoms with Gasteiger partial charge in [-0.1, -0.05) is 25.4 Å². The number of barbiturate groups is 1. The van der Waals surface area contributed by atoms with Crippen molar-refractivity contribution in [3.8, 4) is 0 Å². The topological polar surface area (TPSA) is 66.5 Å². The third kappa shape index (κ3) is 2.67. The second kappa shape index (κ2) is 5.69. The molecule has 0 bridgehead atoms. The van der Waals surface area contributed by atoms with Crippen molar-refractivity contribution < 1.29 is 14.4 Å². The Kier molecular flexibility index (Phi) is 4.33. The van der Waals surface area contributed by atoms with Gasteiger partial charge in [0.25, 0.3) is 0 Å². The molecular weight excluding hydrogens is 395 g/mol. The quantitative estimate of drug-likeness (QED) is 0.607. The molecule has 1 saturated heterocycles. The summed E-state index contributed by atoms with van der Waals surface area (Å²) in [7, 11) is 0. The third-order valence-electron chi connectivity index (χ3n) is 3.02. The van der Waals surface area contributed by atoms with Gasteiger partial charge < -0.3 is 0 Å². The molecule has 1 atom stereocenters. The molecule has 1 aromatic carbocycles. The number of urea groups is 1. The predicted octanol–water partition coefficient (Wildman–Crippen LogP) is 2.80. The molecule has 1 unspecified atom stereocenters. The van der Waals surface area contributed by atoms with Crippen LogP contribution in [-0.2, 0) is 9.59 Å². The van der Waals surface area contributed by atoms with Gasteiger partial charge in [0.1, 0.15) is 5.92 Å². The zero-order valence-electron chi connectivity index (χ0n) is 10.8. The molecular formula is C13H12ClIN2O3. The minimum Gasteiger partial charge on any atom is -0.277 e. The monoisotopic (exact) mass is 406 g/mol. The second-order valence-electron chi connectivity index (χ2n) is 4.79. The van der Waals surface area contributed by atoms with Crippen molar-refractivity contribution in [2.24, 2.45) is 11.8 Å². The summed E-state index contributed by atoms with van der Waals surface area (Å²) >= 11 is 7.86. The van der Waals surface area contributed by atoms with Crippen LogP contribution in [0.2, 0.25) is 5.02 Å². The van der Waals surface area contributed by atoms with Crippen LogP contribution in [-0.4, -0.2) is 17.8 Å². The van der Waals surface area contributed by atoms with E-state index in [1.165, 1.54) is 0 Å². The average molecular weight is 407 g/mol. The number of hydrogen-bond donors (Lipinski definition) is 1. The Bertz CT molecular complexity index is 603. The van der Waals surface area contributed by atoms with E-state index in [0.29, 0.717) is 14.3 Å². The van der Waals surface area contributed by atoms with Gasteiger partial charge in [0.2, 0.25) is 11.8 Å². The van der Waals surface area contributed by atoms with Crippen molar-refractivity contribution in [3.05, 3.63) is 26.8 Å². The molecule has 5 nitrogen and oxygen atoms in total. The fourth-order valence-electron chi connectivity index (χ4n) is 2.07. The number of nitrogens with one attached hydrogen (secondary N) is 1. The highest BCUT2D eigenvalue weighted by Gasteiger charge is 2.43. The predicted molar refractivity (Wildman–Crippen MR) is 83.5 cm³/mol. The van der Waals surface area contributed by atoms with Crippen LogP contribution >= 0.6 is 34.2 Å². The molecule has 0 radical (unpaired) electrons. The average Bonchev–Trinajstić information content (AvgIpc) is 2.30. The van der Waals surface area contributed by atoms with Crippen LogP contribution < -0.4 is 10.2 Å². The van der Waals surface area contributed by atoms with E-state index in [1.54, 1.807) is 32.0 Å². The van der Waals surface area contributed by atoms with Gasteiger partial charge in [-0.05, 0) is 46.7 Å². The molecule has 0 spiro atoms. The lowest BCUT2D eigenvalue weighted by atomic mass is 9.92. The fraction of sp³-hybridized carbons (Fsp3) is 0.308. The van der Waals surface area contributed by atoms with E-state index in [-0.39, 0.29) is 5.92 Å². The van der Waals surface area contributed by atoms with E-state index >= 15 is 0 Å². The lowest BCUT2D eigenvalue weighted by molar-refractivity contribution is -0.136. The van der Waals surface area contributed by atoms with Crippen molar-refractivity contribution in [1.82, 2.24) is 5.32 Å². The highest BCUT2D eigenvalue weighted by molar-refractivity contribution is 14.1. The summed E-state index contributed by atoms with van der Waals surface area (Å²) in [5, 5.41) is 2.74. The minimum atomic E-state index is -0.862.